The summed E-state index contributed by atoms with van der Waals surface area (Å²) >= 11 is 0.613. The molecule has 1 aromatic rings. The van der Waals surface area contributed by atoms with Crippen LogP contribution in [0.4, 0.5) is 24.5 Å². The van der Waals surface area contributed by atoms with Gasteiger partial charge in [0.2, 0.25) is 5.06 Å². The monoisotopic (exact) mass is 270 g/mol. The molecule has 5 nitrogen and oxygen atoms in total. The van der Waals surface area contributed by atoms with Gasteiger partial charge in [0.05, 0.1) is 12.8 Å². The van der Waals surface area contributed by atoms with E-state index in [1.807, 2.05) is 0 Å². The maximum Gasteiger partial charge on any atom is 0.422 e. The highest BCUT2D eigenvalue weighted by atomic mass is 32.1. The number of nitrogen functional groups attached to an aromatic ring is 2. The second-order valence-electron chi connectivity index (χ2n) is 2.94. The van der Waals surface area contributed by atoms with Crippen molar-refractivity contribution in [3.05, 3.63) is 4.88 Å². The van der Waals surface area contributed by atoms with Gasteiger partial charge in [0.15, 0.2) is 6.61 Å². The number of alkyl halides is 3. The van der Waals surface area contributed by atoms with Crippen LogP contribution < -0.4 is 16.2 Å². The van der Waals surface area contributed by atoms with Crippen LogP contribution in [0.5, 0.6) is 5.06 Å². The van der Waals surface area contributed by atoms with Gasteiger partial charge in [-0.3, -0.25) is 0 Å². The summed E-state index contributed by atoms with van der Waals surface area (Å²) in [4.78, 5) is 11.1. The van der Waals surface area contributed by atoms with E-state index in [9.17, 15) is 18.0 Å². The number of methoxy groups -OCH3 is 1. The average Bonchev–Trinajstić information content (AvgIpc) is 2.52. The van der Waals surface area contributed by atoms with Crippen LogP contribution >= 0.6 is 11.3 Å². The largest absolute Gasteiger partial charge is 0.473 e. The van der Waals surface area contributed by atoms with Crippen LogP contribution in [0.15, 0.2) is 0 Å². The van der Waals surface area contributed by atoms with Gasteiger partial charge in [-0.2, -0.15) is 13.2 Å². The van der Waals surface area contributed by atoms with Crippen molar-refractivity contribution in [1.29, 1.82) is 0 Å². The van der Waals surface area contributed by atoms with Gasteiger partial charge >= 0.3 is 12.1 Å². The molecule has 0 fully saturated rings. The molecule has 0 atom stereocenters. The van der Waals surface area contributed by atoms with Gasteiger partial charge in [-0.15, -0.1) is 0 Å². The lowest BCUT2D eigenvalue weighted by molar-refractivity contribution is -0.152. The van der Waals surface area contributed by atoms with Crippen LogP contribution in [0.3, 0.4) is 0 Å². The molecule has 0 aliphatic rings. The summed E-state index contributed by atoms with van der Waals surface area (Å²) in [7, 11) is 1.12. The molecule has 0 spiro atoms. The maximum absolute atomic E-state index is 11.9. The van der Waals surface area contributed by atoms with E-state index in [-0.39, 0.29) is 21.3 Å². The van der Waals surface area contributed by atoms with Gasteiger partial charge in [0, 0.05) is 0 Å². The smallest absolute Gasteiger partial charge is 0.422 e. The third-order valence-electron chi connectivity index (χ3n) is 1.69. The zero-order valence-electron chi connectivity index (χ0n) is 8.63. The Kier molecular flexibility index (Phi) is 3.71. The molecule has 1 heterocycles. The Morgan fingerprint density at radius 2 is 1.94 bits per heavy atom. The van der Waals surface area contributed by atoms with E-state index < -0.39 is 18.8 Å². The summed E-state index contributed by atoms with van der Waals surface area (Å²) in [6, 6.07) is 0. The fourth-order valence-electron chi connectivity index (χ4n) is 0.934. The van der Waals surface area contributed by atoms with Crippen LogP contribution in [0.1, 0.15) is 9.67 Å². The summed E-state index contributed by atoms with van der Waals surface area (Å²) in [6.07, 6.45) is -4.49. The first kappa shape index (κ1) is 13.4. The lowest BCUT2D eigenvalue weighted by Crippen LogP contribution is -2.19. The molecule has 0 saturated carbocycles. The Labute approximate surface area is 98.1 Å². The van der Waals surface area contributed by atoms with Crippen molar-refractivity contribution in [2.75, 3.05) is 25.2 Å². The molecule has 0 aliphatic carbocycles. The number of ether oxygens (including phenoxy) is 2. The van der Waals surface area contributed by atoms with Crippen molar-refractivity contribution in [3.8, 4) is 5.06 Å². The summed E-state index contributed by atoms with van der Waals surface area (Å²) in [5.74, 6) is -0.777. The second kappa shape index (κ2) is 4.70. The molecule has 0 amide bonds. The molecule has 0 aromatic carbocycles. The minimum absolute atomic E-state index is 0.0813. The summed E-state index contributed by atoms with van der Waals surface area (Å²) in [5.41, 5.74) is 10.5. The van der Waals surface area contributed by atoms with E-state index in [0.717, 1.165) is 7.11 Å². The fraction of sp³-hybridized carbons (Fsp3) is 0.375. The predicted octanol–water partition coefficient (Wildman–Crippen LogP) is 1.64. The standard InChI is InChI=1S/C8H9F3N2O3S/c1-15-6(14)5-3(12)4(13)7(17-5)16-2-8(9,10)11/h2,12-13H2,1H3. The molecule has 0 aliphatic heterocycles. The van der Waals surface area contributed by atoms with Crippen LogP contribution in [-0.4, -0.2) is 25.9 Å². The molecular formula is C8H9F3N2O3S. The molecule has 4 N–H and O–H groups in total. The number of hydrogen-bond acceptors (Lipinski definition) is 6. The van der Waals surface area contributed by atoms with Crippen molar-refractivity contribution in [1.82, 2.24) is 0 Å². The number of thiophene rings is 1. The van der Waals surface area contributed by atoms with Gasteiger partial charge in [0.25, 0.3) is 0 Å². The number of esters is 1. The van der Waals surface area contributed by atoms with E-state index in [1.165, 1.54) is 0 Å². The van der Waals surface area contributed by atoms with E-state index in [1.54, 1.807) is 0 Å². The van der Waals surface area contributed by atoms with Crippen molar-refractivity contribution < 1.29 is 27.4 Å². The average molecular weight is 270 g/mol. The summed E-state index contributed by atoms with van der Waals surface area (Å²) in [5, 5.41) is -0.250. The van der Waals surface area contributed by atoms with E-state index in [0.29, 0.717) is 11.3 Å². The quantitative estimate of drug-likeness (QED) is 0.815. The molecule has 17 heavy (non-hydrogen) atoms. The Bertz CT molecular complexity index is 430. The van der Waals surface area contributed by atoms with Crippen molar-refractivity contribution in [2.24, 2.45) is 0 Å². The van der Waals surface area contributed by atoms with Crippen LogP contribution in [-0.2, 0) is 4.74 Å². The molecule has 0 unspecified atom stereocenters. The summed E-state index contributed by atoms with van der Waals surface area (Å²) < 4.78 is 44.6. The van der Waals surface area contributed by atoms with Crippen molar-refractivity contribution in [2.45, 2.75) is 6.18 Å². The van der Waals surface area contributed by atoms with Crippen LogP contribution in [0.25, 0.3) is 0 Å². The third-order valence-corrected chi connectivity index (χ3v) is 2.80. The minimum Gasteiger partial charge on any atom is -0.473 e. The first-order valence-corrected chi connectivity index (χ1v) is 5.03. The molecular weight excluding hydrogens is 261 g/mol. The molecule has 0 radical (unpaired) electrons. The topological polar surface area (TPSA) is 87.6 Å². The highest BCUT2D eigenvalue weighted by Gasteiger charge is 2.30. The predicted molar refractivity (Wildman–Crippen MR) is 56.0 cm³/mol. The number of hydrogen-bond donors (Lipinski definition) is 2. The highest BCUT2D eigenvalue weighted by molar-refractivity contribution is 7.17. The van der Waals surface area contributed by atoms with E-state index in [4.69, 9.17) is 11.5 Å². The van der Waals surface area contributed by atoms with E-state index >= 15 is 0 Å². The van der Waals surface area contributed by atoms with Gasteiger partial charge < -0.3 is 20.9 Å². The minimum atomic E-state index is -4.49. The maximum atomic E-state index is 11.9. The normalized spacial score (nSPS) is 11.3. The number of anilines is 2. The highest BCUT2D eigenvalue weighted by Crippen LogP contribution is 2.41. The first-order chi connectivity index (χ1) is 7.76. The Morgan fingerprint density at radius 1 is 1.35 bits per heavy atom. The zero-order valence-corrected chi connectivity index (χ0v) is 9.45. The Morgan fingerprint density at radius 3 is 2.41 bits per heavy atom. The Balaban J connectivity index is 2.92. The molecule has 9 heteroatoms. The zero-order chi connectivity index (χ0) is 13.2. The summed E-state index contributed by atoms with van der Waals surface area (Å²) in [6.45, 7) is -1.50. The molecule has 96 valence electrons. The number of nitrogens with two attached hydrogens (primary N) is 2. The van der Waals surface area contributed by atoms with Gasteiger partial charge in [-0.25, -0.2) is 4.79 Å². The van der Waals surface area contributed by atoms with E-state index in [2.05, 4.69) is 9.47 Å². The second-order valence-corrected chi connectivity index (χ2v) is 3.92. The lowest BCUT2D eigenvalue weighted by Gasteiger charge is -2.07. The first-order valence-electron chi connectivity index (χ1n) is 4.22. The van der Waals surface area contributed by atoms with Gasteiger partial charge in [-0.05, 0) is 0 Å². The number of rotatable bonds is 3. The molecule has 1 rings (SSSR count). The van der Waals surface area contributed by atoms with Gasteiger partial charge in [-0.1, -0.05) is 11.3 Å². The SMILES string of the molecule is COC(=O)c1sc(OCC(F)(F)F)c(N)c1N. The van der Waals surface area contributed by atoms with Crippen molar-refractivity contribution >= 4 is 28.7 Å². The fourth-order valence-corrected chi connectivity index (χ4v) is 1.84. The number of carbonyl (C=O) groups is 1. The van der Waals surface area contributed by atoms with Gasteiger partial charge in [0.1, 0.15) is 10.6 Å². The molecule has 0 bridgehead atoms. The lowest BCUT2D eigenvalue weighted by atomic mass is 10.3. The third kappa shape index (κ3) is 3.16. The Hall–Kier alpha value is -1.64. The van der Waals surface area contributed by atoms with Crippen molar-refractivity contribution in [3.63, 3.8) is 0 Å². The molecule has 1 aromatic heterocycles. The molecule has 0 saturated heterocycles. The van der Waals surface area contributed by atoms with Crippen LogP contribution in [0.2, 0.25) is 0 Å². The number of carbonyl (C=O) groups excluding carboxylic acids is 1. The van der Waals surface area contributed by atoms with Crippen LogP contribution in [0, 0.1) is 0 Å². The number of halogens is 3.